The topological polar surface area (TPSA) is 29.3 Å². The maximum Gasteiger partial charge on any atom is 0.0595 e. The van der Waals surface area contributed by atoms with Gasteiger partial charge in [-0.3, -0.25) is 4.90 Å². The Kier molecular flexibility index (Phi) is 5.65. The molecule has 2 rings (SSSR count). The molecule has 1 heterocycles. The zero-order valence-corrected chi connectivity index (χ0v) is 14.2. The molecule has 2 atom stereocenters. The van der Waals surface area contributed by atoms with Crippen LogP contribution in [0.1, 0.15) is 62.4 Å². The van der Waals surface area contributed by atoms with Crippen molar-refractivity contribution in [2.24, 2.45) is 11.7 Å². The highest BCUT2D eigenvalue weighted by atomic mass is 32.1. The summed E-state index contributed by atoms with van der Waals surface area (Å²) in [6.45, 7) is 6.81. The van der Waals surface area contributed by atoms with Crippen LogP contribution >= 0.6 is 11.3 Å². The van der Waals surface area contributed by atoms with Gasteiger partial charge in [-0.15, -0.1) is 11.3 Å². The first-order chi connectivity index (χ1) is 9.54. The van der Waals surface area contributed by atoms with E-state index in [0.717, 1.165) is 12.3 Å². The minimum atomic E-state index is 0.233. The number of nitrogens with two attached hydrogens (primary N) is 1. The normalized spacial score (nSPS) is 26.7. The summed E-state index contributed by atoms with van der Waals surface area (Å²) in [6.07, 6.45) is 6.43. The molecule has 1 aromatic heterocycles. The molecular weight excluding hydrogens is 264 g/mol. The van der Waals surface area contributed by atoms with Crippen LogP contribution in [0, 0.1) is 12.8 Å². The van der Waals surface area contributed by atoms with Crippen molar-refractivity contribution in [3.05, 3.63) is 21.9 Å². The first-order valence-electron chi connectivity index (χ1n) is 8.06. The Morgan fingerprint density at radius 3 is 2.50 bits per heavy atom. The van der Waals surface area contributed by atoms with Crippen molar-refractivity contribution in [1.82, 2.24) is 4.90 Å². The van der Waals surface area contributed by atoms with E-state index >= 15 is 0 Å². The first-order valence-corrected chi connectivity index (χ1v) is 8.94. The fourth-order valence-electron chi connectivity index (χ4n) is 3.47. The summed E-state index contributed by atoms with van der Waals surface area (Å²) >= 11 is 1.87. The van der Waals surface area contributed by atoms with Crippen LogP contribution in [0.3, 0.4) is 0 Å². The second kappa shape index (κ2) is 7.06. The van der Waals surface area contributed by atoms with Crippen LogP contribution < -0.4 is 5.73 Å². The highest BCUT2D eigenvalue weighted by Gasteiger charge is 2.31. The van der Waals surface area contributed by atoms with Crippen LogP contribution in [0.2, 0.25) is 0 Å². The van der Waals surface area contributed by atoms with E-state index < -0.39 is 0 Å². The second-order valence-corrected chi connectivity index (χ2v) is 7.51. The predicted molar refractivity (Wildman–Crippen MR) is 89.2 cm³/mol. The van der Waals surface area contributed by atoms with Crippen LogP contribution in [0.25, 0.3) is 0 Å². The van der Waals surface area contributed by atoms with Gasteiger partial charge in [0.25, 0.3) is 0 Å². The lowest BCUT2D eigenvalue weighted by Gasteiger charge is -2.40. The first kappa shape index (κ1) is 16.0. The lowest BCUT2D eigenvalue weighted by atomic mass is 9.85. The minimum Gasteiger partial charge on any atom is -0.326 e. The number of likely N-dealkylation sites (N-methyl/N-ethyl adjacent to an activating group) is 1. The Hall–Kier alpha value is -0.380. The third kappa shape index (κ3) is 3.44. The van der Waals surface area contributed by atoms with Gasteiger partial charge in [0.15, 0.2) is 0 Å². The molecule has 0 bridgehead atoms. The molecule has 1 fully saturated rings. The Morgan fingerprint density at radius 1 is 1.35 bits per heavy atom. The summed E-state index contributed by atoms with van der Waals surface area (Å²) in [7, 11) is 2.29. The summed E-state index contributed by atoms with van der Waals surface area (Å²) < 4.78 is 0. The standard InChI is InChI=1S/C17H30N2S/c1-5-15(18)16(17-13(3)10-11-20-17)19(4)14-8-6-12(2)7-9-14/h10-12,14-16H,5-9,18H2,1-4H3. The number of rotatable bonds is 5. The summed E-state index contributed by atoms with van der Waals surface area (Å²) in [4.78, 5) is 4.05. The van der Waals surface area contributed by atoms with Gasteiger partial charge in [0.05, 0.1) is 6.04 Å². The highest BCUT2D eigenvalue weighted by Crippen LogP contribution is 2.36. The maximum absolute atomic E-state index is 6.48. The fraction of sp³-hybridized carbons (Fsp3) is 0.765. The van der Waals surface area contributed by atoms with E-state index in [-0.39, 0.29) is 6.04 Å². The van der Waals surface area contributed by atoms with Crippen LogP contribution in [-0.4, -0.2) is 24.0 Å². The molecule has 0 aromatic carbocycles. The maximum atomic E-state index is 6.48. The van der Waals surface area contributed by atoms with E-state index in [2.05, 4.69) is 44.2 Å². The van der Waals surface area contributed by atoms with Gasteiger partial charge in [0.1, 0.15) is 0 Å². The van der Waals surface area contributed by atoms with Crippen molar-refractivity contribution >= 4 is 11.3 Å². The second-order valence-electron chi connectivity index (χ2n) is 6.56. The summed E-state index contributed by atoms with van der Waals surface area (Å²) in [6, 6.07) is 3.55. The van der Waals surface area contributed by atoms with Crippen molar-refractivity contribution in [3.8, 4) is 0 Å². The largest absolute Gasteiger partial charge is 0.326 e. The predicted octanol–water partition coefficient (Wildman–Crippen LogP) is 4.35. The molecule has 0 radical (unpaired) electrons. The fourth-order valence-corrected chi connectivity index (χ4v) is 4.62. The molecule has 20 heavy (non-hydrogen) atoms. The number of hydrogen-bond acceptors (Lipinski definition) is 3. The third-order valence-corrected chi connectivity index (χ3v) is 6.14. The lowest BCUT2D eigenvalue weighted by molar-refractivity contribution is 0.108. The van der Waals surface area contributed by atoms with Gasteiger partial charge in [-0.2, -0.15) is 0 Å². The highest BCUT2D eigenvalue weighted by molar-refractivity contribution is 7.10. The molecule has 2 unspecified atom stereocenters. The van der Waals surface area contributed by atoms with E-state index in [1.165, 1.54) is 36.1 Å². The van der Waals surface area contributed by atoms with Crippen LogP contribution in [0.15, 0.2) is 11.4 Å². The quantitative estimate of drug-likeness (QED) is 0.875. The number of thiophene rings is 1. The number of aryl methyl sites for hydroxylation is 1. The van der Waals surface area contributed by atoms with Gasteiger partial charge in [-0.05, 0) is 69.0 Å². The van der Waals surface area contributed by atoms with Gasteiger partial charge >= 0.3 is 0 Å². The van der Waals surface area contributed by atoms with Gasteiger partial charge in [0, 0.05) is 17.0 Å². The molecule has 1 aliphatic carbocycles. The number of hydrogen-bond donors (Lipinski definition) is 1. The van der Waals surface area contributed by atoms with Gasteiger partial charge < -0.3 is 5.73 Å². The molecule has 0 saturated heterocycles. The van der Waals surface area contributed by atoms with Gasteiger partial charge in [0.2, 0.25) is 0 Å². The lowest BCUT2D eigenvalue weighted by Crippen LogP contribution is -2.45. The van der Waals surface area contributed by atoms with Crippen LogP contribution in [0.4, 0.5) is 0 Å². The van der Waals surface area contributed by atoms with Crippen molar-refractivity contribution in [2.45, 2.75) is 71.0 Å². The summed E-state index contributed by atoms with van der Waals surface area (Å²) in [5.41, 5.74) is 7.88. The zero-order valence-electron chi connectivity index (χ0n) is 13.4. The molecule has 0 aliphatic heterocycles. The van der Waals surface area contributed by atoms with E-state index in [9.17, 15) is 0 Å². The SMILES string of the molecule is CCC(N)C(c1sccc1C)N(C)C1CCC(C)CC1. The Balaban J connectivity index is 2.16. The molecular formula is C17H30N2S. The molecule has 1 aliphatic rings. The Morgan fingerprint density at radius 2 is 2.00 bits per heavy atom. The van der Waals surface area contributed by atoms with Crippen molar-refractivity contribution < 1.29 is 0 Å². The Bertz CT molecular complexity index is 407. The van der Waals surface area contributed by atoms with Crippen molar-refractivity contribution in [1.29, 1.82) is 0 Å². The van der Waals surface area contributed by atoms with Gasteiger partial charge in [-0.25, -0.2) is 0 Å². The average Bonchev–Trinajstić information content (AvgIpc) is 2.85. The number of nitrogens with zero attached hydrogens (tertiary/aromatic N) is 1. The monoisotopic (exact) mass is 294 g/mol. The van der Waals surface area contributed by atoms with Crippen LogP contribution in [-0.2, 0) is 0 Å². The van der Waals surface area contributed by atoms with Crippen molar-refractivity contribution in [2.75, 3.05) is 7.05 Å². The van der Waals surface area contributed by atoms with Gasteiger partial charge in [-0.1, -0.05) is 13.8 Å². The Labute approximate surface area is 128 Å². The molecule has 2 N–H and O–H groups in total. The zero-order chi connectivity index (χ0) is 14.7. The summed E-state index contributed by atoms with van der Waals surface area (Å²) in [5.74, 6) is 0.904. The van der Waals surface area contributed by atoms with E-state index in [1.807, 2.05) is 11.3 Å². The van der Waals surface area contributed by atoms with E-state index in [4.69, 9.17) is 5.73 Å². The smallest absolute Gasteiger partial charge is 0.0595 e. The molecule has 1 aromatic rings. The third-order valence-electron chi connectivity index (χ3n) is 5.05. The molecule has 3 heteroatoms. The molecule has 2 nitrogen and oxygen atoms in total. The van der Waals surface area contributed by atoms with Crippen molar-refractivity contribution in [3.63, 3.8) is 0 Å². The molecule has 1 saturated carbocycles. The molecule has 0 spiro atoms. The minimum absolute atomic E-state index is 0.233. The average molecular weight is 295 g/mol. The summed E-state index contributed by atoms with van der Waals surface area (Å²) in [5, 5.41) is 2.21. The van der Waals surface area contributed by atoms with E-state index in [0.29, 0.717) is 12.1 Å². The van der Waals surface area contributed by atoms with Crippen LogP contribution in [0.5, 0.6) is 0 Å². The van der Waals surface area contributed by atoms with E-state index in [1.54, 1.807) is 0 Å². The molecule has 114 valence electrons. The molecule has 0 amide bonds.